The average Bonchev–Trinajstić information content (AvgIpc) is 1.96. The quantitative estimate of drug-likeness (QED) is 0.705. The molecule has 2 N–H and O–H groups in total. The van der Waals surface area contributed by atoms with E-state index in [1.807, 2.05) is 0 Å². The van der Waals surface area contributed by atoms with Gasteiger partial charge in [0.05, 0.1) is 6.54 Å². The van der Waals surface area contributed by atoms with Gasteiger partial charge in [-0.05, 0) is 12.1 Å². The van der Waals surface area contributed by atoms with Gasteiger partial charge >= 0.3 is 0 Å². The standard InChI is InChI=1S/C7H6ClF2NO/c8-4-1-6(9)5(3-11-12)7(10)2-4/h1-2,11-12H,3H2. The lowest BCUT2D eigenvalue weighted by Gasteiger charge is -2.03. The molecule has 0 heterocycles. The Morgan fingerprint density at radius 3 is 2.25 bits per heavy atom. The van der Waals surface area contributed by atoms with Gasteiger partial charge in [-0.15, -0.1) is 0 Å². The maximum Gasteiger partial charge on any atom is 0.132 e. The Kier molecular flexibility index (Phi) is 2.97. The summed E-state index contributed by atoms with van der Waals surface area (Å²) >= 11 is 5.36. The fourth-order valence-electron chi connectivity index (χ4n) is 0.820. The van der Waals surface area contributed by atoms with E-state index < -0.39 is 11.6 Å². The molecular weight excluding hydrogens is 188 g/mol. The van der Waals surface area contributed by atoms with Crippen molar-refractivity contribution in [2.75, 3.05) is 0 Å². The van der Waals surface area contributed by atoms with Crippen LogP contribution >= 0.6 is 11.6 Å². The maximum absolute atomic E-state index is 12.8. The molecule has 0 fully saturated rings. The number of hydrogen-bond donors (Lipinski definition) is 2. The van der Waals surface area contributed by atoms with Crippen molar-refractivity contribution in [3.8, 4) is 0 Å². The van der Waals surface area contributed by atoms with Gasteiger partial charge in [0.25, 0.3) is 0 Å². The van der Waals surface area contributed by atoms with Crippen LogP contribution in [0.5, 0.6) is 0 Å². The molecule has 1 rings (SSSR count). The molecule has 1 aromatic rings. The molecule has 0 aromatic heterocycles. The number of rotatable bonds is 2. The zero-order valence-electron chi connectivity index (χ0n) is 5.94. The molecule has 66 valence electrons. The Hall–Kier alpha value is -0.710. The lowest BCUT2D eigenvalue weighted by molar-refractivity contribution is 0.158. The summed E-state index contributed by atoms with van der Waals surface area (Å²) in [6, 6.07) is 1.97. The van der Waals surface area contributed by atoms with E-state index in [4.69, 9.17) is 16.8 Å². The first-order valence-corrected chi connectivity index (χ1v) is 3.53. The van der Waals surface area contributed by atoms with Crippen LogP contribution in [-0.2, 0) is 6.54 Å². The van der Waals surface area contributed by atoms with Gasteiger partial charge in [-0.1, -0.05) is 11.6 Å². The first kappa shape index (κ1) is 9.38. The number of benzene rings is 1. The zero-order chi connectivity index (χ0) is 9.14. The summed E-state index contributed by atoms with van der Waals surface area (Å²) in [7, 11) is 0. The predicted molar refractivity (Wildman–Crippen MR) is 40.0 cm³/mol. The van der Waals surface area contributed by atoms with Crippen molar-refractivity contribution in [2.24, 2.45) is 0 Å². The van der Waals surface area contributed by atoms with Gasteiger partial charge < -0.3 is 5.21 Å². The Bertz CT molecular complexity index is 270. The first-order chi connectivity index (χ1) is 5.65. The fourth-order valence-corrected chi connectivity index (χ4v) is 1.01. The van der Waals surface area contributed by atoms with Crippen LogP contribution in [0.2, 0.25) is 5.02 Å². The number of hydroxylamine groups is 1. The molecule has 0 atom stereocenters. The monoisotopic (exact) mass is 193 g/mol. The Balaban J connectivity index is 3.10. The molecule has 0 aliphatic carbocycles. The maximum atomic E-state index is 12.8. The van der Waals surface area contributed by atoms with Crippen molar-refractivity contribution in [2.45, 2.75) is 6.54 Å². The van der Waals surface area contributed by atoms with Crippen molar-refractivity contribution >= 4 is 11.6 Å². The van der Waals surface area contributed by atoms with Crippen LogP contribution in [0, 0.1) is 11.6 Å². The van der Waals surface area contributed by atoms with Crippen molar-refractivity contribution in [1.29, 1.82) is 0 Å². The van der Waals surface area contributed by atoms with Gasteiger partial charge in [0, 0.05) is 10.6 Å². The second-order valence-corrected chi connectivity index (χ2v) is 2.62. The van der Waals surface area contributed by atoms with E-state index in [1.54, 1.807) is 5.48 Å². The highest BCUT2D eigenvalue weighted by molar-refractivity contribution is 6.30. The molecular formula is C7H6ClF2NO. The van der Waals surface area contributed by atoms with E-state index in [-0.39, 0.29) is 17.1 Å². The van der Waals surface area contributed by atoms with E-state index in [2.05, 4.69) is 0 Å². The van der Waals surface area contributed by atoms with Crippen LogP contribution in [0.15, 0.2) is 12.1 Å². The van der Waals surface area contributed by atoms with E-state index in [9.17, 15) is 8.78 Å². The Labute approximate surface area is 72.7 Å². The zero-order valence-corrected chi connectivity index (χ0v) is 6.70. The fraction of sp³-hybridized carbons (Fsp3) is 0.143. The highest BCUT2D eigenvalue weighted by Crippen LogP contribution is 2.18. The van der Waals surface area contributed by atoms with Crippen molar-refractivity contribution in [3.05, 3.63) is 34.4 Å². The lowest BCUT2D eigenvalue weighted by atomic mass is 10.2. The highest BCUT2D eigenvalue weighted by Gasteiger charge is 2.09. The van der Waals surface area contributed by atoms with Gasteiger partial charge in [0.15, 0.2) is 0 Å². The molecule has 0 spiro atoms. The van der Waals surface area contributed by atoms with Gasteiger partial charge in [-0.3, -0.25) is 0 Å². The predicted octanol–water partition coefficient (Wildman–Crippen LogP) is 2.10. The number of nitrogens with one attached hydrogen (secondary N) is 1. The average molecular weight is 194 g/mol. The number of hydrogen-bond acceptors (Lipinski definition) is 2. The third kappa shape index (κ3) is 1.91. The summed E-state index contributed by atoms with van der Waals surface area (Å²) in [5, 5.41) is 8.21. The molecule has 0 unspecified atom stereocenters. The summed E-state index contributed by atoms with van der Waals surface area (Å²) in [5.41, 5.74) is 1.43. The summed E-state index contributed by atoms with van der Waals surface area (Å²) in [5.74, 6) is -1.55. The first-order valence-electron chi connectivity index (χ1n) is 3.15. The van der Waals surface area contributed by atoms with Gasteiger partial charge in [-0.25, -0.2) is 14.3 Å². The van der Waals surface area contributed by atoms with E-state index in [1.165, 1.54) is 0 Å². The largest absolute Gasteiger partial charge is 0.316 e. The molecule has 2 nitrogen and oxygen atoms in total. The summed E-state index contributed by atoms with van der Waals surface area (Å²) in [6.07, 6.45) is 0. The summed E-state index contributed by atoms with van der Waals surface area (Å²) in [4.78, 5) is 0. The molecule has 0 aliphatic heterocycles. The minimum atomic E-state index is -0.776. The van der Waals surface area contributed by atoms with Crippen molar-refractivity contribution < 1.29 is 14.0 Å². The highest BCUT2D eigenvalue weighted by atomic mass is 35.5. The van der Waals surface area contributed by atoms with Crippen LogP contribution in [0.1, 0.15) is 5.56 Å². The van der Waals surface area contributed by atoms with Crippen molar-refractivity contribution in [1.82, 2.24) is 5.48 Å². The van der Waals surface area contributed by atoms with E-state index in [0.29, 0.717) is 0 Å². The normalized spacial score (nSPS) is 10.3. The van der Waals surface area contributed by atoms with E-state index >= 15 is 0 Å². The minimum absolute atomic E-state index is 0.00769. The molecule has 1 aromatic carbocycles. The summed E-state index contributed by atoms with van der Waals surface area (Å²) < 4.78 is 25.6. The molecule has 0 radical (unpaired) electrons. The van der Waals surface area contributed by atoms with E-state index in [0.717, 1.165) is 12.1 Å². The van der Waals surface area contributed by atoms with Crippen molar-refractivity contribution in [3.63, 3.8) is 0 Å². The van der Waals surface area contributed by atoms with Gasteiger partial charge in [0.1, 0.15) is 11.6 Å². The van der Waals surface area contributed by atoms with Gasteiger partial charge in [-0.2, -0.15) is 0 Å². The SMILES string of the molecule is ONCc1c(F)cc(Cl)cc1F. The third-order valence-corrected chi connectivity index (χ3v) is 1.58. The van der Waals surface area contributed by atoms with Crippen LogP contribution in [0.3, 0.4) is 0 Å². The molecule has 0 amide bonds. The second-order valence-electron chi connectivity index (χ2n) is 2.18. The van der Waals surface area contributed by atoms with Gasteiger partial charge in [0.2, 0.25) is 0 Å². The molecule has 0 saturated heterocycles. The smallest absolute Gasteiger partial charge is 0.132 e. The lowest BCUT2D eigenvalue weighted by Crippen LogP contribution is -2.09. The molecule has 5 heteroatoms. The minimum Gasteiger partial charge on any atom is -0.316 e. The molecule has 0 bridgehead atoms. The topological polar surface area (TPSA) is 32.3 Å². The second kappa shape index (κ2) is 3.80. The van der Waals surface area contributed by atoms with Crippen LogP contribution in [0.25, 0.3) is 0 Å². The van der Waals surface area contributed by atoms with Crippen LogP contribution in [-0.4, -0.2) is 5.21 Å². The Morgan fingerprint density at radius 2 is 1.83 bits per heavy atom. The molecule has 0 saturated carbocycles. The number of halogens is 3. The summed E-state index contributed by atoms with van der Waals surface area (Å²) in [6.45, 7) is -0.283. The van der Waals surface area contributed by atoms with Crippen LogP contribution in [0.4, 0.5) is 8.78 Å². The third-order valence-electron chi connectivity index (χ3n) is 1.36. The van der Waals surface area contributed by atoms with Crippen LogP contribution < -0.4 is 5.48 Å². The Morgan fingerprint density at radius 1 is 1.33 bits per heavy atom. The molecule has 12 heavy (non-hydrogen) atoms. The molecule has 0 aliphatic rings.